The van der Waals surface area contributed by atoms with Crippen LogP contribution in [-0.4, -0.2) is 25.6 Å². The zero-order valence-electron chi connectivity index (χ0n) is 13.3. The molecule has 0 bridgehead atoms. The zero-order valence-corrected chi connectivity index (χ0v) is 13.3. The van der Waals surface area contributed by atoms with E-state index in [1.807, 2.05) is 47.2 Å². The van der Waals surface area contributed by atoms with Gasteiger partial charge in [-0.25, -0.2) is 9.97 Å². The van der Waals surface area contributed by atoms with Crippen LogP contribution in [0, 0.1) is 0 Å². The van der Waals surface area contributed by atoms with Gasteiger partial charge in [-0.15, -0.1) is 0 Å². The highest BCUT2D eigenvalue weighted by molar-refractivity contribution is 5.86. The summed E-state index contributed by atoms with van der Waals surface area (Å²) in [7, 11) is 0. The van der Waals surface area contributed by atoms with Gasteiger partial charge in [-0.2, -0.15) is 0 Å². The summed E-state index contributed by atoms with van der Waals surface area (Å²) >= 11 is 0. The van der Waals surface area contributed by atoms with Gasteiger partial charge in [0.05, 0.1) is 6.42 Å². The molecule has 0 aliphatic heterocycles. The van der Waals surface area contributed by atoms with Gasteiger partial charge in [-0.3, -0.25) is 9.36 Å². The van der Waals surface area contributed by atoms with Crippen LogP contribution in [-0.2, 0) is 17.8 Å². The highest BCUT2D eigenvalue weighted by atomic mass is 16.5. The number of benzene rings is 1. The first kappa shape index (κ1) is 15.1. The number of nitrogens with zero attached hydrogens (tertiary/aromatic N) is 4. The van der Waals surface area contributed by atoms with Gasteiger partial charge < -0.3 is 9.84 Å². The lowest BCUT2D eigenvalue weighted by molar-refractivity contribution is -0.120. The number of rotatable bonds is 5. The molecule has 3 aromatic heterocycles. The third-order valence-corrected chi connectivity index (χ3v) is 3.85. The van der Waals surface area contributed by atoms with Crippen molar-refractivity contribution in [3.63, 3.8) is 0 Å². The molecular formula is C18H15N5O2. The van der Waals surface area contributed by atoms with E-state index in [1.54, 1.807) is 18.7 Å². The molecule has 4 rings (SSSR count). The van der Waals surface area contributed by atoms with Gasteiger partial charge in [-0.1, -0.05) is 23.4 Å². The Morgan fingerprint density at radius 2 is 2.12 bits per heavy atom. The summed E-state index contributed by atoms with van der Waals surface area (Å²) in [6.07, 6.45) is 7.13. The maximum Gasteiger partial charge on any atom is 0.226 e. The number of carbonyl (C=O) groups excluding carboxylic acids is 1. The van der Waals surface area contributed by atoms with Gasteiger partial charge in [0.2, 0.25) is 5.91 Å². The van der Waals surface area contributed by atoms with Crippen molar-refractivity contribution < 1.29 is 9.32 Å². The second-order valence-corrected chi connectivity index (χ2v) is 5.57. The number of amides is 1. The molecule has 0 unspecified atom stereocenters. The molecule has 124 valence electrons. The number of hydrogen-bond acceptors (Lipinski definition) is 5. The molecule has 0 aliphatic carbocycles. The van der Waals surface area contributed by atoms with Crippen molar-refractivity contribution in [1.29, 1.82) is 0 Å². The van der Waals surface area contributed by atoms with Crippen molar-refractivity contribution in [2.75, 3.05) is 0 Å². The quantitative estimate of drug-likeness (QED) is 0.605. The van der Waals surface area contributed by atoms with Crippen molar-refractivity contribution in [3.05, 3.63) is 72.6 Å². The van der Waals surface area contributed by atoms with Gasteiger partial charge in [0.25, 0.3) is 0 Å². The molecule has 0 aliphatic rings. The lowest BCUT2D eigenvalue weighted by atomic mass is 10.1. The van der Waals surface area contributed by atoms with Crippen LogP contribution in [0.25, 0.3) is 16.8 Å². The first-order valence-corrected chi connectivity index (χ1v) is 7.83. The number of nitrogens with one attached hydrogen (secondary N) is 1. The normalized spacial score (nSPS) is 10.9. The average molecular weight is 333 g/mol. The summed E-state index contributed by atoms with van der Waals surface area (Å²) in [6.45, 7) is 0.409. The Morgan fingerprint density at radius 1 is 1.20 bits per heavy atom. The third kappa shape index (κ3) is 3.25. The number of para-hydroxylation sites is 1. The molecule has 0 spiro atoms. The zero-order chi connectivity index (χ0) is 17.1. The van der Waals surface area contributed by atoms with Gasteiger partial charge >= 0.3 is 0 Å². The Morgan fingerprint density at radius 3 is 2.92 bits per heavy atom. The predicted molar refractivity (Wildman–Crippen MR) is 90.9 cm³/mol. The molecule has 4 aromatic rings. The van der Waals surface area contributed by atoms with E-state index in [9.17, 15) is 4.79 Å². The Hall–Kier alpha value is -3.48. The monoisotopic (exact) mass is 333 g/mol. The molecule has 7 heteroatoms. The lowest BCUT2D eigenvalue weighted by Gasteiger charge is -2.06. The predicted octanol–water partition coefficient (Wildman–Crippen LogP) is 2.27. The van der Waals surface area contributed by atoms with E-state index in [1.165, 1.54) is 0 Å². The first-order valence-electron chi connectivity index (χ1n) is 7.83. The SMILES string of the molecule is O=C(Cc1noc2ccccc12)NCc1ccc(-n2ccnc2)nc1. The molecular weight excluding hydrogens is 318 g/mol. The largest absolute Gasteiger partial charge is 0.356 e. The minimum atomic E-state index is -0.113. The summed E-state index contributed by atoms with van der Waals surface area (Å²) < 4.78 is 7.03. The molecule has 0 saturated carbocycles. The smallest absolute Gasteiger partial charge is 0.226 e. The van der Waals surface area contributed by atoms with E-state index in [-0.39, 0.29) is 12.3 Å². The number of pyridine rings is 1. The fourth-order valence-corrected chi connectivity index (χ4v) is 2.55. The number of aromatic nitrogens is 4. The van der Waals surface area contributed by atoms with E-state index < -0.39 is 0 Å². The summed E-state index contributed by atoms with van der Waals surface area (Å²) in [5, 5.41) is 7.71. The summed E-state index contributed by atoms with van der Waals surface area (Å²) in [5.41, 5.74) is 2.24. The summed E-state index contributed by atoms with van der Waals surface area (Å²) in [6, 6.07) is 11.3. The highest BCUT2D eigenvalue weighted by Gasteiger charge is 2.11. The Balaban J connectivity index is 1.37. The van der Waals surface area contributed by atoms with E-state index >= 15 is 0 Å². The van der Waals surface area contributed by atoms with Crippen molar-refractivity contribution in [2.24, 2.45) is 0 Å². The van der Waals surface area contributed by atoms with Crippen molar-refractivity contribution in [2.45, 2.75) is 13.0 Å². The van der Waals surface area contributed by atoms with Gasteiger partial charge in [0.15, 0.2) is 5.58 Å². The van der Waals surface area contributed by atoms with Crippen LogP contribution in [0.4, 0.5) is 0 Å². The molecule has 3 heterocycles. The number of fused-ring (bicyclic) bond motifs is 1. The molecule has 1 amide bonds. The number of hydrogen-bond donors (Lipinski definition) is 1. The van der Waals surface area contributed by atoms with Crippen LogP contribution in [0.1, 0.15) is 11.3 Å². The molecule has 25 heavy (non-hydrogen) atoms. The van der Waals surface area contributed by atoms with Crippen LogP contribution in [0.15, 0.2) is 65.8 Å². The molecule has 0 saturated heterocycles. The molecule has 1 aromatic carbocycles. The van der Waals surface area contributed by atoms with Crippen LogP contribution in [0.3, 0.4) is 0 Å². The molecule has 0 atom stereocenters. The molecule has 1 N–H and O–H groups in total. The summed E-state index contributed by atoms with van der Waals surface area (Å²) in [4.78, 5) is 20.5. The summed E-state index contributed by atoms with van der Waals surface area (Å²) in [5.74, 6) is 0.666. The fraction of sp³-hybridized carbons (Fsp3) is 0.111. The van der Waals surface area contributed by atoms with Crippen molar-refractivity contribution >= 4 is 16.9 Å². The van der Waals surface area contributed by atoms with E-state index in [0.29, 0.717) is 17.8 Å². The molecule has 0 fully saturated rings. The van der Waals surface area contributed by atoms with E-state index in [2.05, 4.69) is 20.4 Å². The third-order valence-electron chi connectivity index (χ3n) is 3.85. The minimum absolute atomic E-state index is 0.113. The highest BCUT2D eigenvalue weighted by Crippen LogP contribution is 2.18. The second kappa shape index (κ2) is 6.56. The standard InChI is InChI=1S/C18H15N5O2/c24-18(9-15-14-3-1-2-4-16(14)25-22-15)21-11-13-5-6-17(20-10-13)23-8-7-19-12-23/h1-8,10,12H,9,11H2,(H,21,24). The van der Waals surface area contributed by atoms with Crippen molar-refractivity contribution in [1.82, 2.24) is 25.0 Å². The minimum Gasteiger partial charge on any atom is -0.356 e. The van der Waals surface area contributed by atoms with Crippen LogP contribution >= 0.6 is 0 Å². The second-order valence-electron chi connectivity index (χ2n) is 5.57. The fourth-order valence-electron chi connectivity index (χ4n) is 2.55. The van der Waals surface area contributed by atoms with Crippen LogP contribution < -0.4 is 5.32 Å². The molecule has 7 nitrogen and oxygen atoms in total. The van der Waals surface area contributed by atoms with Crippen LogP contribution in [0.5, 0.6) is 0 Å². The maximum absolute atomic E-state index is 12.2. The topological polar surface area (TPSA) is 85.8 Å². The molecule has 0 radical (unpaired) electrons. The Kier molecular flexibility index (Phi) is 3.96. The van der Waals surface area contributed by atoms with Gasteiger partial charge in [-0.05, 0) is 23.8 Å². The Labute approximate surface area is 143 Å². The number of imidazole rings is 1. The van der Waals surface area contributed by atoms with Crippen molar-refractivity contribution in [3.8, 4) is 5.82 Å². The number of carbonyl (C=O) groups is 1. The Bertz CT molecular complexity index is 990. The van der Waals surface area contributed by atoms with E-state index in [4.69, 9.17) is 4.52 Å². The average Bonchev–Trinajstić information content (AvgIpc) is 3.31. The first-order chi connectivity index (χ1) is 12.3. The lowest BCUT2D eigenvalue weighted by Crippen LogP contribution is -2.24. The maximum atomic E-state index is 12.2. The van der Waals surface area contributed by atoms with Crippen LogP contribution in [0.2, 0.25) is 0 Å². The van der Waals surface area contributed by atoms with E-state index in [0.717, 1.165) is 16.8 Å². The van der Waals surface area contributed by atoms with Gasteiger partial charge in [0.1, 0.15) is 17.8 Å². The van der Waals surface area contributed by atoms with Gasteiger partial charge in [0, 0.05) is 30.5 Å².